The molecule has 25 heavy (non-hydrogen) atoms. The molecular formula is C18H16FNO5. The van der Waals surface area contributed by atoms with Gasteiger partial charge >= 0.3 is 11.9 Å². The molecule has 130 valence electrons. The smallest absolute Gasteiger partial charge is 0.339 e. The second-order valence-electron chi connectivity index (χ2n) is 5.24. The highest BCUT2D eigenvalue weighted by atomic mass is 19.1. The molecule has 0 aliphatic heterocycles. The number of anilines is 1. The van der Waals surface area contributed by atoms with Gasteiger partial charge in [-0.3, -0.25) is 9.59 Å². The van der Waals surface area contributed by atoms with E-state index < -0.39 is 29.6 Å². The number of carboxylic acids is 1. The highest BCUT2D eigenvalue weighted by Gasteiger charge is 2.24. The third-order valence-corrected chi connectivity index (χ3v) is 3.55. The molecule has 1 atom stereocenters. The Morgan fingerprint density at radius 3 is 2.44 bits per heavy atom. The summed E-state index contributed by atoms with van der Waals surface area (Å²) in [5.74, 6) is -4.27. The van der Waals surface area contributed by atoms with Gasteiger partial charge in [-0.1, -0.05) is 30.3 Å². The highest BCUT2D eigenvalue weighted by molar-refractivity contribution is 6.02. The van der Waals surface area contributed by atoms with E-state index in [1.807, 2.05) is 0 Å². The Balaban J connectivity index is 2.20. The van der Waals surface area contributed by atoms with E-state index in [1.165, 1.54) is 6.07 Å². The Hall–Kier alpha value is -3.22. The van der Waals surface area contributed by atoms with Crippen molar-refractivity contribution in [2.45, 2.75) is 12.3 Å². The zero-order valence-corrected chi connectivity index (χ0v) is 13.4. The molecular weight excluding hydrogens is 329 g/mol. The van der Waals surface area contributed by atoms with Gasteiger partial charge in [0.05, 0.1) is 24.3 Å². The molecule has 0 aromatic heterocycles. The summed E-state index contributed by atoms with van der Waals surface area (Å²) in [6.07, 6.45) is -0.365. The van der Waals surface area contributed by atoms with Crippen LogP contribution in [0.25, 0.3) is 0 Å². The number of ether oxygens (including phenoxy) is 1. The van der Waals surface area contributed by atoms with Gasteiger partial charge in [0.25, 0.3) is 0 Å². The molecule has 0 heterocycles. The number of nitrogens with one attached hydrogen (secondary N) is 1. The Morgan fingerprint density at radius 2 is 1.84 bits per heavy atom. The van der Waals surface area contributed by atoms with Gasteiger partial charge in [-0.25, -0.2) is 9.18 Å². The molecule has 2 aromatic rings. The van der Waals surface area contributed by atoms with Gasteiger partial charge in [0.1, 0.15) is 5.82 Å². The van der Waals surface area contributed by atoms with Gasteiger partial charge in [0.2, 0.25) is 5.91 Å². The first-order valence-corrected chi connectivity index (χ1v) is 7.38. The molecule has 2 rings (SSSR count). The van der Waals surface area contributed by atoms with E-state index in [0.717, 1.165) is 19.2 Å². The fourth-order valence-electron chi connectivity index (χ4n) is 2.33. The monoisotopic (exact) mass is 345 g/mol. The molecule has 0 aliphatic carbocycles. The summed E-state index contributed by atoms with van der Waals surface area (Å²) < 4.78 is 18.0. The van der Waals surface area contributed by atoms with Crippen molar-refractivity contribution in [1.29, 1.82) is 0 Å². The third-order valence-electron chi connectivity index (χ3n) is 3.55. The number of carbonyl (C=O) groups excluding carboxylic acids is 2. The van der Waals surface area contributed by atoms with Crippen molar-refractivity contribution in [3.63, 3.8) is 0 Å². The van der Waals surface area contributed by atoms with Gasteiger partial charge in [-0.15, -0.1) is 0 Å². The molecule has 2 N–H and O–H groups in total. The second kappa shape index (κ2) is 8.05. The minimum Gasteiger partial charge on any atom is -0.481 e. The first-order chi connectivity index (χ1) is 11.9. The Bertz CT molecular complexity index is 791. The van der Waals surface area contributed by atoms with Gasteiger partial charge in [-0.05, 0) is 23.8 Å². The van der Waals surface area contributed by atoms with Crippen molar-refractivity contribution in [2.75, 3.05) is 12.4 Å². The van der Waals surface area contributed by atoms with E-state index in [9.17, 15) is 23.9 Å². The number of carboxylic acid groups (broad SMARTS) is 1. The minimum atomic E-state index is -1.16. The first-order valence-electron chi connectivity index (χ1n) is 7.38. The summed E-state index contributed by atoms with van der Waals surface area (Å²) in [6.45, 7) is 0. The summed E-state index contributed by atoms with van der Waals surface area (Å²) in [6, 6.07) is 11.5. The molecule has 7 heteroatoms. The average molecular weight is 345 g/mol. The number of hydrogen-bond acceptors (Lipinski definition) is 4. The molecule has 0 spiro atoms. The van der Waals surface area contributed by atoms with Crippen LogP contribution in [-0.4, -0.2) is 30.1 Å². The standard InChI is InChI=1S/C18H16FNO5/c1-25-18(24)13-8-7-12(19)9-15(13)20-16(21)10-14(17(22)23)11-5-3-2-4-6-11/h2-9,14H,10H2,1H3,(H,20,21)(H,22,23)/t14-/m1/s1. The fourth-order valence-corrected chi connectivity index (χ4v) is 2.33. The van der Waals surface area contributed by atoms with E-state index in [4.69, 9.17) is 0 Å². The summed E-state index contributed by atoms with van der Waals surface area (Å²) in [5.41, 5.74) is 0.371. The normalized spacial score (nSPS) is 11.4. The molecule has 0 aliphatic rings. The second-order valence-corrected chi connectivity index (χ2v) is 5.24. The van der Waals surface area contributed by atoms with Crippen molar-refractivity contribution < 1.29 is 28.6 Å². The van der Waals surface area contributed by atoms with Crippen LogP contribution in [0.5, 0.6) is 0 Å². The average Bonchev–Trinajstić information content (AvgIpc) is 2.59. The quantitative estimate of drug-likeness (QED) is 0.786. The summed E-state index contributed by atoms with van der Waals surface area (Å²) >= 11 is 0. The molecule has 0 saturated carbocycles. The zero-order chi connectivity index (χ0) is 18.4. The Morgan fingerprint density at radius 1 is 1.16 bits per heavy atom. The highest BCUT2D eigenvalue weighted by Crippen LogP contribution is 2.23. The molecule has 0 fully saturated rings. The molecule has 6 nitrogen and oxygen atoms in total. The van der Waals surface area contributed by atoms with Crippen LogP contribution in [0.1, 0.15) is 28.3 Å². The number of esters is 1. The number of amides is 1. The SMILES string of the molecule is COC(=O)c1ccc(F)cc1NC(=O)C[C@@H](C(=O)O)c1ccccc1. The largest absolute Gasteiger partial charge is 0.481 e. The number of carbonyl (C=O) groups is 3. The number of rotatable bonds is 6. The van der Waals surface area contributed by atoms with Crippen LogP contribution in [0.2, 0.25) is 0 Å². The number of hydrogen-bond donors (Lipinski definition) is 2. The van der Waals surface area contributed by atoms with Gasteiger partial charge in [-0.2, -0.15) is 0 Å². The van der Waals surface area contributed by atoms with Crippen molar-refractivity contribution in [1.82, 2.24) is 0 Å². The van der Waals surface area contributed by atoms with Gasteiger partial charge in [0.15, 0.2) is 0 Å². The Kier molecular flexibility index (Phi) is 5.84. The predicted octanol–water partition coefficient (Wildman–Crippen LogP) is 2.81. The lowest BCUT2D eigenvalue weighted by Gasteiger charge is -2.14. The van der Waals surface area contributed by atoms with Crippen LogP contribution in [0.4, 0.5) is 10.1 Å². The van der Waals surface area contributed by atoms with E-state index in [2.05, 4.69) is 10.1 Å². The lowest BCUT2D eigenvalue weighted by Crippen LogP contribution is -2.22. The van der Waals surface area contributed by atoms with Crippen LogP contribution in [0.15, 0.2) is 48.5 Å². The van der Waals surface area contributed by atoms with Crippen molar-refractivity contribution in [3.8, 4) is 0 Å². The van der Waals surface area contributed by atoms with E-state index in [1.54, 1.807) is 30.3 Å². The summed E-state index contributed by atoms with van der Waals surface area (Å²) in [4.78, 5) is 35.4. The van der Waals surface area contributed by atoms with Crippen molar-refractivity contribution in [2.24, 2.45) is 0 Å². The van der Waals surface area contributed by atoms with Gasteiger partial charge < -0.3 is 15.2 Å². The van der Waals surface area contributed by atoms with Gasteiger partial charge in [0, 0.05) is 6.42 Å². The number of benzene rings is 2. The first kappa shape index (κ1) is 18.1. The maximum Gasteiger partial charge on any atom is 0.339 e. The number of aliphatic carboxylic acids is 1. The lowest BCUT2D eigenvalue weighted by atomic mass is 9.95. The molecule has 0 saturated heterocycles. The van der Waals surface area contributed by atoms with Crippen molar-refractivity contribution >= 4 is 23.5 Å². The summed E-state index contributed by atoms with van der Waals surface area (Å²) in [5, 5.41) is 11.7. The zero-order valence-electron chi connectivity index (χ0n) is 13.4. The summed E-state index contributed by atoms with van der Waals surface area (Å²) in [7, 11) is 1.16. The van der Waals surface area contributed by atoms with Crippen LogP contribution in [0, 0.1) is 5.82 Å². The van der Waals surface area contributed by atoms with E-state index in [0.29, 0.717) is 5.56 Å². The molecule has 0 unspecified atom stereocenters. The number of halogens is 1. The van der Waals surface area contributed by atoms with Crippen LogP contribution in [-0.2, 0) is 14.3 Å². The minimum absolute atomic E-state index is 0.0242. The molecule has 2 aromatic carbocycles. The fraction of sp³-hybridized carbons (Fsp3) is 0.167. The maximum absolute atomic E-state index is 13.4. The topological polar surface area (TPSA) is 92.7 Å². The van der Waals surface area contributed by atoms with E-state index >= 15 is 0 Å². The number of methoxy groups -OCH3 is 1. The van der Waals surface area contributed by atoms with E-state index in [-0.39, 0.29) is 17.7 Å². The predicted molar refractivity (Wildman–Crippen MR) is 87.8 cm³/mol. The van der Waals surface area contributed by atoms with Crippen LogP contribution in [0.3, 0.4) is 0 Å². The molecule has 0 radical (unpaired) electrons. The van der Waals surface area contributed by atoms with Crippen molar-refractivity contribution in [3.05, 3.63) is 65.5 Å². The van der Waals surface area contributed by atoms with Crippen LogP contribution < -0.4 is 5.32 Å². The molecule has 1 amide bonds. The van der Waals surface area contributed by atoms with Crippen LogP contribution >= 0.6 is 0 Å². The lowest BCUT2D eigenvalue weighted by molar-refractivity contribution is -0.140. The Labute approximate surface area is 143 Å². The third kappa shape index (κ3) is 4.63. The molecule has 0 bridgehead atoms. The maximum atomic E-state index is 13.4.